The van der Waals surface area contributed by atoms with E-state index in [2.05, 4.69) is 19.2 Å². The second-order valence-electron chi connectivity index (χ2n) is 9.88. The molecule has 2 aliphatic rings. The van der Waals surface area contributed by atoms with Crippen LogP contribution in [0.2, 0.25) is 0 Å². The number of rotatable bonds is 12. The van der Waals surface area contributed by atoms with Crippen molar-refractivity contribution in [2.24, 2.45) is 5.92 Å². The SMILES string of the molecule is COc1cc(C=O)cc(I)c1O[C@H]1C=C(C(=O)NCCO)C[C@@H](N(CCC(C)C)C(=O)C2CCCO2)[C@@H]1O. The molecule has 1 saturated heterocycles. The van der Waals surface area contributed by atoms with Gasteiger partial charge in [0, 0.05) is 37.3 Å². The van der Waals surface area contributed by atoms with E-state index in [1.54, 1.807) is 17.0 Å². The predicted molar refractivity (Wildman–Crippen MR) is 148 cm³/mol. The fourth-order valence-corrected chi connectivity index (χ4v) is 5.38. The third-order valence-electron chi connectivity index (χ3n) is 6.69. The summed E-state index contributed by atoms with van der Waals surface area (Å²) in [5, 5.41) is 23.4. The van der Waals surface area contributed by atoms with E-state index in [-0.39, 0.29) is 25.5 Å². The Morgan fingerprint density at radius 3 is 2.71 bits per heavy atom. The highest BCUT2D eigenvalue weighted by atomic mass is 127. The normalized spacial score (nSPS) is 23.1. The van der Waals surface area contributed by atoms with Crippen molar-refractivity contribution in [3.8, 4) is 11.5 Å². The quantitative estimate of drug-likeness (QED) is 0.233. The lowest BCUT2D eigenvalue weighted by molar-refractivity contribution is -0.148. The van der Waals surface area contributed by atoms with E-state index in [1.165, 1.54) is 13.2 Å². The summed E-state index contributed by atoms with van der Waals surface area (Å²) in [5.41, 5.74) is 0.745. The molecule has 1 aromatic carbocycles. The van der Waals surface area contributed by atoms with Crippen LogP contribution in [-0.4, -0.2) is 91.0 Å². The Kier molecular flexibility index (Phi) is 11.4. The summed E-state index contributed by atoms with van der Waals surface area (Å²) in [5.74, 6) is 0.322. The molecule has 0 aromatic heterocycles. The van der Waals surface area contributed by atoms with Gasteiger partial charge in [0.25, 0.3) is 5.91 Å². The summed E-state index contributed by atoms with van der Waals surface area (Å²) in [4.78, 5) is 39.5. The third-order valence-corrected chi connectivity index (χ3v) is 7.49. The zero-order valence-electron chi connectivity index (χ0n) is 22.0. The zero-order chi connectivity index (χ0) is 27.8. The second-order valence-corrected chi connectivity index (χ2v) is 11.0. The van der Waals surface area contributed by atoms with Crippen LogP contribution in [0.25, 0.3) is 0 Å². The molecule has 0 bridgehead atoms. The molecule has 0 radical (unpaired) electrons. The van der Waals surface area contributed by atoms with Crippen molar-refractivity contribution in [1.82, 2.24) is 10.2 Å². The van der Waals surface area contributed by atoms with Crippen LogP contribution in [0.1, 0.15) is 49.9 Å². The topological polar surface area (TPSA) is 135 Å². The van der Waals surface area contributed by atoms with Crippen LogP contribution < -0.4 is 14.8 Å². The van der Waals surface area contributed by atoms with E-state index in [0.717, 1.165) is 6.42 Å². The number of ether oxygens (including phenoxy) is 3. The van der Waals surface area contributed by atoms with Gasteiger partial charge in [-0.25, -0.2) is 0 Å². The largest absolute Gasteiger partial charge is 0.493 e. The molecule has 1 aromatic rings. The zero-order valence-corrected chi connectivity index (χ0v) is 24.2. The lowest BCUT2D eigenvalue weighted by Gasteiger charge is -2.41. The van der Waals surface area contributed by atoms with Crippen molar-refractivity contribution in [2.75, 3.05) is 33.4 Å². The first kappa shape index (κ1) is 30.3. The number of nitrogens with zero attached hydrogens (tertiary/aromatic N) is 1. The van der Waals surface area contributed by atoms with Gasteiger partial charge < -0.3 is 34.6 Å². The first-order chi connectivity index (χ1) is 18.2. The average Bonchev–Trinajstić information content (AvgIpc) is 3.44. The van der Waals surface area contributed by atoms with E-state index in [4.69, 9.17) is 14.2 Å². The van der Waals surface area contributed by atoms with Crippen LogP contribution in [0.3, 0.4) is 0 Å². The molecule has 4 atom stereocenters. The van der Waals surface area contributed by atoms with Gasteiger partial charge in [-0.1, -0.05) is 13.8 Å². The number of aliphatic hydroxyl groups excluding tert-OH is 2. The van der Waals surface area contributed by atoms with Crippen LogP contribution in [-0.2, 0) is 14.3 Å². The fourth-order valence-electron chi connectivity index (χ4n) is 4.63. The summed E-state index contributed by atoms with van der Waals surface area (Å²) in [7, 11) is 1.45. The van der Waals surface area contributed by atoms with E-state index >= 15 is 0 Å². The highest BCUT2D eigenvalue weighted by Gasteiger charge is 2.42. The van der Waals surface area contributed by atoms with Crippen molar-refractivity contribution in [3.63, 3.8) is 0 Å². The van der Waals surface area contributed by atoms with E-state index in [9.17, 15) is 24.6 Å². The number of aliphatic hydroxyl groups is 2. The minimum atomic E-state index is -1.16. The molecule has 1 aliphatic carbocycles. The van der Waals surface area contributed by atoms with Gasteiger partial charge >= 0.3 is 0 Å². The Hall–Kier alpha value is -2.22. The maximum absolute atomic E-state index is 13.6. The third kappa shape index (κ3) is 7.45. The van der Waals surface area contributed by atoms with Crippen molar-refractivity contribution < 1.29 is 38.8 Å². The molecule has 3 rings (SSSR count). The number of halogens is 1. The minimum Gasteiger partial charge on any atom is -0.493 e. The molecule has 11 heteroatoms. The fraction of sp³-hybridized carbons (Fsp3) is 0.593. The molecule has 1 aliphatic heterocycles. The summed E-state index contributed by atoms with van der Waals surface area (Å²) in [6.07, 6.45) is 1.74. The number of amides is 2. The molecule has 2 amide bonds. The van der Waals surface area contributed by atoms with E-state index < -0.39 is 30.3 Å². The Bertz CT molecular complexity index is 1020. The number of benzene rings is 1. The molecule has 38 heavy (non-hydrogen) atoms. The number of hydrogen-bond acceptors (Lipinski definition) is 8. The molecule has 210 valence electrons. The predicted octanol–water partition coefficient (Wildman–Crippen LogP) is 2.08. The summed E-state index contributed by atoms with van der Waals surface area (Å²) in [6.45, 7) is 4.87. The summed E-state index contributed by atoms with van der Waals surface area (Å²) in [6, 6.07) is 2.42. The molecule has 1 heterocycles. The molecule has 1 fully saturated rings. The van der Waals surface area contributed by atoms with E-state index in [1.807, 2.05) is 22.6 Å². The maximum Gasteiger partial charge on any atom is 0.252 e. The van der Waals surface area contributed by atoms with Gasteiger partial charge in [0.05, 0.1) is 23.3 Å². The van der Waals surface area contributed by atoms with Gasteiger partial charge in [-0.3, -0.25) is 14.4 Å². The van der Waals surface area contributed by atoms with Crippen LogP contribution >= 0.6 is 22.6 Å². The lowest BCUT2D eigenvalue weighted by atomic mass is 9.87. The highest BCUT2D eigenvalue weighted by Crippen LogP contribution is 2.37. The number of aldehydes is 1. The maximum atomic E-state index is 13.6. The first-order valence-corrected chi connectivity index (χ1v) is 14.0. The molecule has 1 unspecified atom stereocenters. The standard InChI is InChI=1S/C27H37IN2O8/c1-16(2)6-8-30(27(35)21-5-4-10-37-21)20-13-18(26(34)29-7-9-31)14-22(24(20)33)38-25-19(28)11-17(15-32)12-23(25)36-3/h11-12,14-16,20-22,24,31,33H,4-10,13H2,1-3H3,(H,29,34)/t20-,21?,22+,24+/m1/s1. The Morgan fingerprint density at radius 2 is 2.11 bits per heavy atom. The molecule has 3 N–H and O–H groups in total. The van der Waals surface area contributed by atoms with Crippen LogP contribution in [0.5, 0.6) is 11.5 Å². The van der Waals surface area contributed by atoms with Crippen LogP contribution in [0.15, 0.2) is 23.8 Å². The number of nitrogens with one attached hydrogen (secondary N) is 1. The second kappa shape index (κ2) is 14.2. The van der Waals surface area contributed by atoms with Crippen molar-refractivity contribution in [3.05, 3.63) is 32.9 Å². The highest BCUT2D eigenvalue weighted by molar-refractivity contribution is 14.1. The smallest absolute Gasteiger partial charge is 0.252 e. The van der Waals surface area contributed by atoms with E-state index in [0.29, 0.717) is 64.4 Å². The number of hydrogen-bond donors (Lipinski definition) is 3. The minimum absolute atomic E-state index is 0.0692. The number of methoxy groups -OCH3 is 1. The number of carbonyl (C=O) groups excluding carboxylic acids is 3. The van der Waals surface area contributed by atoms with Crippen molar-refractivity contribution in [1.29, 1.82) is 0 Å². The van der Waals surface area contributed by atoms with Crippen molar-refractivity contribution in [2.45, 2.75) is 63.9 Å². The van der Waals surface area contributed by atoms with Crippen LogP contribution in [0.4, 0.5) is 0 Å². The summed E-state index contributed by atoms with van der Waals surface area (Å²) < 4.78 is 17.9. The molecule has 10 nitrogen and oxygen atoms in total. The Labute approximate surface area is 236 Å². The lowest BCUT2D eigenvalue weighted by Crippen LogP contribution is -2.57. The molecule has 0 spiro atoms. The summed E-state index contributed by atoms with van der Waals surface area (Å²) >= 11 is 2.02. The monoisotopic (exact) mass is 644 g/mol. The molecule has 0 saturated carbocycles. The van der Waals surface area contributed by atoms with Crippen molar-refractivity contribution >= 4 is 40.7 Å². The van der Waals surface area contributed by atoms with Gasteiger partial charge in [0.2, 0.25) is 5.91 Å². The number of carbonyl (C=O) groups is 3. The average molecular weight is 645 g/mol. The van der Waals surface area contributed by atoms with Gasteiger partial charge in [-0.05, 0) is 66.0 Å². The van der Waals surface area contributed by atoms with Gasteiger partial charge in [0.15, 0.2) is 11.5 Å². The Balaban J connectivity index is 1.99. The first-order valence-electron chi connectivity index (χ1n) is 12.9. The molecular formula is C27H37IN2O8. The van der Waals surface area contributed by atoms with Gasteiger partial charge in [-0.2, -0.15) is 0 Å². The Morgan fingerprint density at radius 1 is 1.34 bits per heavy atom. The van der Waals surface area contributed by atoms with Gasteiger partial charge in [-0.15, -0.1) is 0 Å². The molecular weight excluding hydrogens is 607 g/mol. The van der Waals surface area contributed by atoms with Crippen LogP contribution in [0, 0.1) is 9.49 Å². The van der Waals surface area contributed by atoms with Gasteiger partial charge in [0.1, 0.15) is 24.6 Å².